The van der Waals surface area contributed by atoms with Gasteiger partial charge in [-0.15, -0.1) is 10.3 Å². The number of nitrogens with zero attached hydrogens (tertiary/aromatic N) is 3. The number of hydrogen-bond acceptors (Lipinski definition) is 7. The van der Waals surface area contributed by atoms with Crippen molar-refractivity contribution in [3.63, 3.8) is 0 Å². The first-order valence-corrected chi connectivity index (χ1v) is 2.18. The molecule has 1 heterocycles. The fourth-order valence-corrected chi connectivity index (χ4v) is 0.424. The highest BCUT2D eigenvalue weighted by molar-refractivity contribution is 5.94. The van der Waals surface area contributed by atoms with E-state index in [-0.39, 0.29) is 11.9 Å². The summed E-state index contributed by atoms with van der Waals surface area (Å²) in [6.07, 6.45) is 0. The normalized spacial score (nSPS) is 18.1. The van der Waals surface area contributed by atoms with E-state index >= 15 is 0 Å². The first kappa shape index (κ1) is 5.63. The monoisotopic (exact) mass is 129 g/mol. The van der Waals surface area contributed by atoms with Gasteiger partial charge in [-0.05, 0) is 0 Å². The lowest BCUT2D eigenvalue weighted by Gasteiger charge is -2.16. The molecule has 0 saturated heterocycles. The van der Waals surface area contributed by atoms with Gasteiger partial charge in [-0.3, -0.25) is 0 Å². The van der Waals surface area contributed by atoms with Crippen molar-refractivity contribution in [3.05, 3.63) is 0 Å². The number of nitrogens with two attached hydrogens (primary N) is 3. The van der Waals surface area contributed by atoms with Gasteiger partial charge in [0.1, 0.15) is 0 Å². The fourth-order valence-electron chi connectivity index (χ4n) is 0.424. The third-order valence-electron chi connectivity index (χ3n) is 0.674. The molecule has 7 N–H and O–H groups in total. The van der Waals surface area contributed by atoms with Crippen molar-refractivity contribution >= 4 is 11.9 Å². The predicted octanol–water partition coefficient (Wildman–Crippen LogP) is -2.78. The lowest BCUT2D eigenvalue weighted by molar-refractivity contribution is 0.249. The molecule has 0 saturated carbocycles. The van der Waals surface area contributed by atoms with E-state index in [1.807, 2.05) is 0 Å². The Bertz CT molecular complexity index is 168. The first-order chi connectivity index (χ1) is 4.18. The molecule has 0 fully saturated rings. The molecule has 50 valence electrons. The number of hydrazone groups is 1. The molecule has 0 aliphatic carbocycles. The zero-order chi connectivity index (χ0) is 6.85. The molecule has 0 atom stereocenters. The second kappa shape index (κ2) is 1.78. The van der Waals surface area contributed by atoms with Crippen molar-refractivity contribution in [2.45, 2.75) is 0 Å². The molecule has 7 nitrogen and oxygen atoms in total. The minimum absolute atomic E-state index is 0.0359. The number of guanidine groups is 2. The van der Waals surface area contributed by atoms with Crippen LogP contribution in [-0.4, -0.2) is 17.1 Å². The summed E-state index contributed by atoms with van der Waals surface area (Å²) in [6.45, 7) is 0. The van der Waals surface area contributed by atoms with Gasteiger partial charge >= 0.3 is 0 Å². The van der Waals surface area contributed by atoms with E-state index in [0.717, 1.165) is 5.23 Å². The van der Waals surface area contributed by atoms with Crippen LogP contribution in [0.4, 0.5) is 0 Å². The summed E-state index contributed by atoms with van der Waals surface area (Å²) in [7, 11) is 0. The smallest absolute Gasteiger partial charge is 0.244 e. The molecule has 1 aliphatic rings. The predicted molar refractivity (Wildman–Crippen MR) is 32.4 cm³/mol. The van der Waals surface area contributed by atoms with Crippen LogP contribution in [0.1, 0.15) is 0 Å². The van der Waals surface area contributed by atoms with Crippen LogP contribution < -0.4 is 22.7 Å². The molecular weight excluding hydrogens is 122 g/mol. The van der Waals surface area contributed by atoms with E-state index in [0.29, 0.717) is 0 Å². The lowest BCUT2D eigenvalue weighted by Crippen LogP contribution is -2.51. The van der Waals surface area contributed by atoms with Crippen LogP contribution in [0, 0.1) is 0 Å². The Hall–Kier alpha value is -1.50. The summed E-state index contributed by atoms with van der Waals surface area (Å²) in [4.78, 5) is 3.52. The Balaban J connectivity index is 2.74. The summed E-state index contributed by atoms with van der Waals surface area (Å²) < 4.78 is 0. The molecule has 0 aromatic heterocycles. The summed E-state index contributed by atoms with van der Waals surface area (Å²) in [5, 5.41) is 4.35. The van der Waals surface area contributed by atoms with Gasteiger partial charge in [0, 0.05) is 0 Å². The summed E-state index contributed by atoms with van der Waals surface area (Å²) in [6, 6.07) is 0. The van der Waals surface area contributed by atoms with E-state index in [2.05, 4.69) is 15.5 Å². The molecule has 0 unspecified atom stereocenters. The van der Waals surface area contributed by atoms with Gasteiger partial charge in [0.15, 0.2) is 0 Å². The van der Waals surface area contributed by atoms with E-state index in [9.17, 15) is 0 Å². The minimum atomic E-state index is 0.0359. The van der Waals surface area contributed by atoms with E-state index in [1.54, 1.807) is 0 Å². The number of rotatable bonds is 0. The molecule has 0 aromatic carbocycles. The Kier molecular flexibility index (Phi) is 1.12. The van der Waals surface area contributed by atoms with Crippen LogP contribution in [-0.2, 0) is 0 Å². The summed E-state index contributed by atoms with van der Waals surface area (Å²) in [5.74, 6) is 5.27. The molecular formula is C2H7N7. The average Bonchev–Trinajstić information content (AvgIpc) is 1.59. The molecule has 0 aromatic rings. The second-order valence-electron chi connectivity index (χ2n) is 1.41. The minimum Gasteiger partial charge on any atom is -0.368 e. The first-order valence-electron chi connectivity index (χ1n) is 2.18. The van der Waals surface area contributed by atoms with Gasteiger partial charge in [-0.25, -0.2) is 11.3 Å². The van der Waals surface area contributed by atoms with Gasteiger partial charge in [0.25, 0.3) is 0 Å². The second-order valence-corrected chi connectivity index (χ2v) is 1.41. The van der Waals surface area contributed by atoms with Crippen molar-refractivity contribution in [1.82, 2.24) is 10.7 Å². The van der Waals surface area contributed by atoms with Gasteiger partial charge in [0.05, 0.1) is 0 Å². The van der Waals surface area contributed by atoms with Crippen molar-refractivity contribution in [2.24, 2.45) is 27.4 Å². The number of hydrazine groups is 2. The Morgan fingerprint density at radius 3 is 2.56 bits per heavy atom. The van der Waals surface area contributed by atoms with Gasteiger partial charge in [-0.2, -0.15) is 4.99 Å². The largest absolute Gasteiger partial charge is 0.368 e. The zero-order valence-electron chi connectivity index (χ0n) is 4.57. The molecule has 7 heteroatoms. The van der Waals surface area contributed by atoms with Gasteiger partial charge in [-0.1, -0.05) is 0 Å². The Labute approximate surface area is 51.1 Å². The van der Waals surface area contributed by atoms with Crippen LogP contribution in [0.25, 0.3) is 0 Å². The molecule has 0 spiro atoms. The van der Waals surface area contributed by atoms with Gasteiger partial charge < -0.3 is 11.5 Å². The van der Waals surface area contributed by atoms with E-state index in [4.69, 9.17) is 17.3 Å². The van der Waals surface area contributed by atoms with Crippen LogP contribution >= 0.6 is 0 Å². The summed E-state index contributed by atoms with van der Waals surface area (Å²) >= 11 is 0. The molecule has 0 amide bonds. The number of aliphatic imine (C=N–C) groups is 1. The van der Waals surface area contributed by atoms with E-state index in [1.165, 1.54) is 0 Å². The fraction of sp³-hybridized carbons (Fsp3) is 0. The molecule has 0 bridgehead atoms. The summed E-state index contributed by atoms with van der Waals surface area (Å²) in [5.41, 5.74) is 12.7. The third kappa shape index (κ3) is 1.19. The zero-order valence-corrected chi connectivity index (χ0v) is 4.57. The third-order valence-corrected chi connectivity index (χ3v) is 0.674. The highest BCUT2D eigenvalue weighted by Crippen LogP contribution is 1.81. The average molecular weight is 129 g/mol. The van der Waals surface area contributed by atoms with Crippen LogP contribution in [0.15, 0.2) is 10.1 Å². The Morgan fingerprint density at radius 1 is 1.44 bits per heavy atom. The standard InChI is InChI=1S/C2H7N7/c3-1-6-2(4)8-9(5)7-1/h5H2,(H5,3,4,6,7,8). The van der Waals surface area contributed by atoms with E-state index < -0.39 is 0 Å². The molecule has 9 heavy (non-hydrogen) atoms. The van der Waals surface area contributed by atoms with Crippen LogP contribution in [0.3, 0.4) is 0 Å². The topological polar surface area (TPSA) is 118 Å². The molecule has 1 aliphatic heterocycles. The van der Waals surface area contributed by atoms with Crippen molar-refractivity contribution in [2.75, 3.05) is 0 Å². The SMILES string of the molecule is NC1=NN(N)NC(N)=N1. The van der Waals surface area contributed by atoms with Crippen molar-refractivity contribution in [1.29, 1.82) is 0 Å². The molecule has 0 radical (unpaired) electrons. The van der Waals surface area contributed by atoms with Crippen molar-refractivity contribution < 1.29 is 0 Å². The van der Waals surface area contributed by atoms with Crippen LogP contribution in [0.2, 0.25) is 0 Å². The quantitative estimate of drug-likeness (QED) is 0.264. The lowest BCUT2D eigenvalue weighted by atomic mass is 10.9. The number of nitrogens with one attached hydrogen (secondary N) is 1. The maximum atomic E-state index is 5.17. The molecule has 1 rings (SSSR count). The van der Waals surface area contributed by atoms with Crippen molar-refractivity contribution in [3.8, 4) is 0 Å². The Morgan fingerprint density at radius 2 is 2.11 bits per heavy atom. The highest BCUT2D eigenvalue weighted by atomic mass is 15.9. The number of hydrogen-bond donors (Lipinski definition) is 4. The maximum absolute atomic E-state index is 5.17. The highest BCUT2D eigenvalue weighted by Gasteiger charge is 2.03. The van der Waals surface area contributed by atoms with Gasteiger partial charge in [0.2, 0.25) is 11.9 Å². The maximum Gasteiger partial charge on any atom is 0.244 e. The van der Waals surface area contributed by atoms with Crippen LogP contribution in [0.5, 0.6) is 0 Å².